The molecule has 0 heterocycles. The number of primary amides is 1. The first-order chi connectivity index (χ1) is 29.0. The second kappa shape index (κ2) is 35.0. The standard InChI is InChI=1S/C15H20BrNO2.C11H12BrNO.C11H10BrN.C8H6BrN.C3H6Br2.2CH4.HI.K.H2O.H2/c1-14(2,3)19-13(18)17-15(9-4-10-15)11-5-7-12(16)8-6-11;12-9-4-2-8(3-5-9)11(10(13)14)6-1-7-11;12-10-4-2-9(3-5-10)11(8-13)6-1-7-11;9-8-3-1-7(2-4-8)5-6-10;4-2-1-3-5;;;;;;/h5-8H,4,9-10H2,1-3H3,(H,17,18);2-5H,1,6-7H2,(H2,13,14);2-5H,1,6-7H2;1-4H,5H2;1-3H2;2*1H4;1H;;1H2;1H/q;;;;;;;;+1;;/p-1. The summed E-state index contributed by atoms with van der Waals surface area (Å²) in [5.41, 5.74) is 8.63. The van der Waals surface area contributed by atoms with Crippen molar-refractivity contribution in [3.63, 3.8) is 0 Å². The number of nitrogens with one attached hydrogen (secondary N) is 1. The largest absolute Gasteiger partial charge is 1.00 e. The van der Waals surface area contributed by atoms with Crippen molar-refractivity contribution in [1.82, 2.24) is 5.32 Å². The second-order valence-electron chi connectivity index (χ2n) is 16.1. The number of halogens is 7. The molecule has 4 aromatic carbocycles. The number of benzene rings is 4. The van der Waals surface area contributed by atoms with Crippen molar-refractivity contribution in [3.8, 4) is 12.1 Å². The number of nitrogens with two attached hydrogens (primary N) is 1. The third-order valence-corrected chi connectivity index (χ3v) is 13.9. The Hall–Kier alpha value is -0.194. The third-order valence-electron chi connectivity index (χ3n) is 10.7. The molecule has 4 aromatic rings. The van der Waals surface area contributed by atoms with Gasteiger partial charge in [-0.2, -0.15) is 10.5 Å². The number of hydrogen-bond donors (Lipinski definition) is 2. The van der Waals surface area contributed by atoms with Gasteiger partial charge in [0.25, 0.3) is 0 Å². The molecule has 0 saturated heterocycles. The molecule has 3 aliphatic rings. The number of hydrogen-bond acceptors (Lipinski definition) is 6. The molecule has 0 unspecified atom stereocenters. The van der Waals surface area contributed by atoms with Crippen LogP contribution < -0.4 is 62.4 Å². The Morgan fingerprint density at radius 1 is 0.682 bits per heavy atom. The van der Waals surface area contributed by atoms with Crippen molar-refractivity contribution in [2.75, 3.05) is 10.7 Å². The van der Waals surface area contributed by atoms with Crippen LogP contribution in [0.3, 0.4) is 0 Å². The maximum atomic E-state index is 12.0. The van der Waals surface area contributed by atoms with Crippen LogP contribution >= 0.6 is 120 Å². The quantitative estimate of drug-likeness (QED) is 0.102. The van der Waals surface area contributed by atoms with Crippen molar-refractivity contribution in [2.24, 2.45) is 5.73 Å². The molecule has 0 atom stereocenters. The molecule has 360 valence electrons. The number of carbonyl (C=O) groups is 2. The van der Waals surface area contributed by atoms with Crippen LogP contribution in [0.2, 0.25) is 0 Å². The van der Waals surface area contributed by atoms with Gasteiger partial charge < -0.3 is 21.3 Å². The third kappa shape index (κ3) is 22.5. The van der Waals surface area contributed by atoms with Gasteiger partial charge in [0.15, 0.2) is 0 Å². The van der Waals surface area contributed by atoms with Crippen molar-refractivity contribution in [1.29, 1.82) is 10.5 Å². The summed E-state index contributed by atoms with van der Waals surface area (Å²) < 4.78 is 9.55. The molecule has 0 bridgehead atoms. The zero-order chi connectivity index (χ0) is 45.1. The van der Waals surface area contributed by atoms with Gasteiger partial charge in [-0.15, -0.1) is 24.0 Å². The fourth-order valence-corrected chi connectivity index (χ4v) is 9.14. The van der Waals surface area contributed by atoms with Gasteiger partial charge in [-0.05, 0) is 149 Å². The van der Waals surface area contributed by atoms with Gasteiger partial charge in [-0.1, -0.05) is 165 Å². The number of carbonyl (C=O) groups excluding carboxylic acids is 2. The Kier molecular flexibility index (Phi) is 37.2. The van der Waals surface area contributed by atoms with Crippen LogP contribution in [0.5, 0.6) is 0 Å². The fraction of sp³-hybridized carbons (Fsp3) is 0.440. The summed E-state index contributed by atoms with van der Waals surface area (Å²) in [6, 6.07) is 36.4. The van der Waals surface area contributed by atoms with Gasteiger partial charge in [-0.3, -0.25) is 4.79 Å². The van der Waals surface area contributed by atoms with E-state index in [1.54, 1.807) is 0 Å². The Balaban J connectivity index is -0.000000378. The van der Waals surface area contributed by atoms with E-state index in [2.05, 4.69) is 125 Å². The molecule has 66 heavy (non-hydrogen) atoms. The van der Waals surface area contributed by atoms with Gasteiger partial charge in [0.2, 0.25) is 5.91 Å². The molecule has 7 rings (SSSR count). The van der Waals surface area contributed by atoms with Crippen LogP contribution in [0.4, 0.5) is 4.79 Å². The summed E-state index contributed by atoms with van der Waals surface area (Å²) in [6.45, 7) is 5.62. The van der Waals surface area contributed by atoms with Crippen LogP contribution in [-0.2, 0) is 32.3 Å². The number of rotatable bonds is 8. The van der Waals surface area contributed by atoms with E-state index in [0.29, 0.717) is 6.42 Å². The SMILES string of the molecule is BrCCCBr.C.C.CC(C)(C)OC(=O)NC1(c2ccc(Br)cc2)CCC1.I.N#CC1(c2ccc(Br)cc2)CCC1.N#CCc1ccc(Br)cc1.NC(=O)C1(c2ccc(Br)cc2)CCC1.[HH].[K+].[OH-]. The zero-order valence-electron chi connectivity index (χ0n) is 36.7. The maximum Gasteiger partial charge on any atom is 1.00 e. The number of nitrogens with zero attached hydrogens (tertiary/aromatic N) is 2. The molecule has 0 aliphatic heterocycles. The molecule has 8 nitrogen and oxygen atoms in total. The molecule has 2 amide bonds. The second-order valence-corrected chi connectivity index (χ2v) is 21.4. The van der Waals surface area contributed by atoms with Crippen LogP contribution in [-0.4, -0.2) is 33.7 Å². The van der Waals surface area contributed by atoms with Gasteiger partial charge >= 0.3 is 57.5 Å². The summed E-state index contributed by atoms with van der Waals surface area (Å²) in [7, 11) is 0. The Morgan fingerprint density at radius 2 is 1.06 bits per heavy atom. The van der Waals surface area contributed by atoms with E-state index in [4.69, 9.17) is 21.0 Å². The molecular formula is C50H66Br6IKN4O4. The minimum absolute atomic E-state index is 0. The van der Waals surface area contributed by atoms with E-state index >= 15 is 0 Å². The Morgan fingerprint density at radius 3 is 1.33 bits per heavy atom. The molecule has 0 spiro atoms. The fourth-order valence-electron chi connectivity index (χ4n) is 6.77. The molecule has 4 N–H and O–H groups in total. The van der Waals surface area contributed by atoms with E-state index in [-0.39, 0.29) is 125 Å². The van der Waals surface area contributed by atoms with E-state index in [0.717, 1.165) is 96.6 Å². The molecule has 3 fully saturated rings. The molecular weight excluding hydrogens is 1370 g/mol. The van der Waals surface area contributed by atoms with Crippen molar-refractivity contribution in [3.05, 3.63) is 137 Å². The number of ether oxygens (including phenoxy) is 1. The number of alkyl carbamates (subject to hydrolysis) is 1. The van der Waals surface area contributed by atoms with Gasteiger partial charge in [0.05, 0.1) is 34.9 Å². The first-order valence-corrected chi connectivity index (χ1v) is 25.6. The van der Waals surface area contributed by atoms with Crippen LogP contribution in [0.25, 0.3) is 0 Å². The summed E-state index contributed by atoms with van der Waals surface area (Å²) in [5.74, 6) is -0.189. The van der Waals surface area contributed by atoms with E-state index < -0.39 is 5.60 Å². The minimum atomic E-state index is -0.464. The van der Waals surface area contributed by atoms with Crippen LogP contribution in [0.15, 0.2) is 115 Å². The van der Waals surface area contributed by atoms with Gasteiger partial charge in [-0.25, -0.2) is 4.79 Å². The van der Waals surface area contributed by atoms with Crippen molar-refractivity contribution in [2.45, 2.75) is 128 Å². The van der Waals surface area contributed by atoms with E-state index in [1.165, 1.54) is 18.4 Å². The van der Waals surface area contributed by atoms with Crippen molar-refractivity contribution < 1.29 is 72.6 Å². The summed E-state index contributed by atoms with van der Waals surface area (Å²) >= 11 is 20.1. The topological polar surface area (TPSA) is 159 Å². The number of nitriles is 2. The summed E-state index contributed by atoms with van der Waals surface area (Å²) in [5, 5.41) is 22.7. The van der Waals surface area contributed by atoms with Crippen molar-refractivity contribution >= 4 is 132 Å². The maximum absolute atomic E-state index is 12.0. The monoisotopic (exact) mass is 1430 g/mol. The van der Waals surface area contributed by atoms with Crippen LogP contribution in [0.1, 0.15) is 124 Å². The van der Waals surface area contributed by atoms with E-state index in [9.17, 15) is 9.59 Å². The molecule has 16 heteroatoms. The molecule has 3 saturated carbocycles. The van der Waals surface area contributed by atoms with Gasteiger partial charge in [0.1, 0.15) is 5.60 Å². The average Bonchev–Trinajstić information content (AvgIpc) is 3.16. The molecule has 0 aromatic heterocycles. The number of alkyl halides is 2. The van der Waals surface area contributed by atoms with E-state index in [1.807, 2.05) is 106 Å². The minimum Gasteiger partial charge on any atom is -0.870 e. The Labute approximate surface area is 506 Å². The summed E-state index contributed by atoms with van der Waals surface area (Å²) in [6.07, 6.45) is 10.5. The predicted octanol–water partition coefficient (Wildman–Crippen LogP) is 13.7. The first-order valence-electron chi connectivity index (χ1n) is 20.2. The van der Waals surface area contributed by atoms with Gasteiger partial charge in [0, 0.05) is 30.0 Å². The Bertz CT molecular complexity index is 2070. The normalized spacial score (nSPS) is 14.7. The average molecular weight is 1430 g/mol. The smallest absolute Gasteiger partial charge is 0.870 e. The van der Waals surface area contributed by atoms with Crippen LogP contribution in [0, 0.1) is 22.7 Å². The number of amides is 2. The summed E-state index contributed by atoms with van der Waals surface area (Å²) in [4.78, 5) is 23.4. The first kappa shape index (κ1) is 70.1. The zero-order valence-corrected chi connectivity index (χ0v) is 51.7. The molecule has 3 aliphatic carbocycles. The molecule has 0 radical (unpaired) electrons. The predicted molar refractivity (Wildman–Crippen MR) is 302 cm³/mol.